The third-order valence-corrected chi connectivity index (χ3v) is 4.29. The number of halogens is 1. The highest BCUT2D eigenvalue weighted by Crippen LogP contribution is 2.19. The maximum absolute atomic E-state index is 5.98. The lowest BCUT2D eigenvalue weighted by Gasteiger charge is -2.18. The van der Waals surface area contributed by atoms with E-state index in [0.29, 0.717) is 13.1 Å². The standard InChI is InChI=1S/C23H34N4O2.HI/c1-6-24-23(26-16-19-10-7-8-11-20(19)17-27(3)4)25-15-18(2)29-22-13-9-12-21(14-22)28-5;/h7-14,18H,6,15-17H2,1-5H3,(H2,24,25,26);1H. The number of hydrogen-bond acceptors (Lipinski definition) is 4. The third-order valence-electron chi connectivity index (χ3n) is 4.29. The minimum atomic E-state index is -0.0213. The summed E-state index contributed by atoms with van der Waals surface area (Å²) in [6, 6.07) is 16.1. The molecule has 0 fully saturated rings. The molecule has 0 aliphatic heterocycles. The number of guanidine groups is 1. The Hall–Kier alpha value is -2.00. The first-order valence-electron chi connectivity index (χ1n) is 10.1. The van der Waals surface area contributed by atoms with Crippen LogP contribution < -0.4 is 20.1 Å². The van der Waals surface area contributed by atoms with Crippen LogP contribution in [0.3, 0.4) is 0 Å². The van der Waals surface area contributed by atoms with Crippen molar-refractivity contribution >= 4 is 29.9 Å². The van der Waals surface area contributed by atoms with Gasteiger partial charge in [0.25, 0.3) is 0 Å². The maximum atomic E-state index is 5.98. The molecule has 1 unspecified atom stereocenters. The Morgan fingerprint density at radius 3 is 2.40 bits per heavy atom. The van der Waals surface area contributed by atoms with Gasteiger partial charge in [-0.25, -0.2) is 4.99 Å². The van der Waals surface area contributed by atoms with Gasteiger partial charge in [-0.15, -0.1) is 24.0 Å². The van der Waals surface area contributed by atoms with Crippen molar-refractivity contribution in [3.63, 3.8) is 0 Å². The van der Waals surface area contributed by atoms with Gasteiger partial charge in [-0.05, 0) is 51.2 Å². The number of benzene rings is 2. The van der Waals surface area contributed by atoms with Crippen molar-refractivity contribution in [2.75, 3.05) is 34.3 Å². The highest BCUT2D eigenvalue weighted by Gasteiger charge is 2.08. The fraction of sp³-hybridized carbons (Fsp3) is 0.435. The van der Waals surface area contributed by atoms with E-state index in [1.54, 1.807) is 7.11 Å². The van der Waals surface area contributed by atoms with Crippen molar-refractivity contribution in [1.29, 1.82) is 0 Å². The summed E-state index contributed by atoms with van der Waals surface area (Å²) in [6.07, 6.45) is -0.0213. The molecule has 30 heavy (non-hydrogen) atoms. The fourth-order valence-corrected chi connectivity index (χ4v) is 2.90. The number of aliphatic imine (C=N–C) groups is 1. The van der Waals surface area contributed by atoms with Crippen LogP contribution in [-0.4, -0.2) is 51.3 Å². The second-order valence-electron chi connectivity index (χ2n) is 7.19. The lowest BCUT2D eigenvalue weighted by atomic mass is 10.1. The number of hydrogen-bond donors (Lipinski definition) is 2. The number of methoxy groups -OCH3 is 1. The SMILES string of the molecule is CCNC(=NCc1ccccc1CN(C)C)NCC(C)Oc1cccc(OC)c1.I. The van der Waals surface area contributed by atoms with Gasteiger partial charge in [0.05, 0.1) is 20.2 Å². The first kappa shape index (κ1) is 26.0. The molecule has 0 bridgehead atoms. The Labute approximate surface area is 198 Å². The monoisotopic (exact) mass is 526 g/mol. The van der Waals surface area contributed by atoms with E-state index in [0.717, 1.165) is 30.5 Å². The summed E-state index contributed by atoms with van der Waals surface area (Å²) in [5.41, 5.74) is 2.53. The van der Waals surface area contributed by atoms with Gasteiger partial charge < -0.3 is 25.0 Å². The van der Waals surface area contributed by atoms with E-state index >= 15 is 0 Å². The maximum Gasteiger partial charge on any atom is 0.191 e. The van der Waals surface area contributed by atoms with Gasteiger partial charge in [0, 0.05) is 19.2 Å². The van der Waals surface area contributed by atoms with E-state index in [1.165, 1.54) is 11.1 Å². The molecule has 2 rings (SSSR count). The van der Waals surface area contributed by atoms with Gasteiger partial charge in [0.1, 0.15) is 17.6 Å². The van der Waals surface area contributed by atoms with E-state index in [2.05, 4.69) is 60.8 Å². The van der Waals surface area contributed by atoms with Crippen molar-refractivity contribution in [2.45, 2.75) is 33.0 Å². The van der Waals surface area contributed by atoms with E-state index in [1.807, 2.05) is 31.2 Å². The van der Waals surface area contributed by atoms with E-state index < -0.39 is 0 Å². The molecular weight excluding hydrogens is 491 g/mol. The van der Waals surface area contributed by atoms with Crippen LogP contribution in [0.4, 0.5) is 0 Å². The topological polar surface area (TPSA) is 58.1 Å². The number of ether oxygens (including phenoxy) is 2. The van der Waals surface area contributed by atoms with E-state index in [9.17, 15) is 0 Å². The molecule has 2 N–H and O–H groups in total. The number of nitrogens with zero attached hydrogens (tertiary/aromatic N) is 2. The van der Waals surface area contributed by atoms with Gasteiger partial charge in [0.2, 0.25) is 0 Å². The zero-order valence-electron chi connectivity index (χ0n) is 18.6. The van der Waals surface area contributed by atoms with Gasteiger partial charge in [0.15, 0.2) is 5.96 Å². The second-order valence-corrected chi connectivity index (χ2v) is 7.19. The zero-order valence-corrected chi connectivity index (χ0v) is 21.0. The van der Waals surface area contributed by atoms with Crippen LogP contribution in [-0.2, 0) is 13.1 Å². The normalized spacial score (nSPS) is 12.1. The Morgan fingerprint density at radius 2 is 1.73 bits per heavy atom. The highest BCUT2D eigenvalue weighted by atomic mass is 127. The van der Waals surface area contributed by atoms with Crippen LogP contribution in [0.2, 0.25) is 0 Å². The quantitative estimate of drug-likeness (QED) is 0.280. The van der Waals surface area contributed by atoms with Crippen molar-refractivity contribution in [3.05, 3.63) is 59.7 Å². The molecule has 2 aromatic carbocycles. The summed E-state index contributed by atoms with van der Waals surface area (Å²) in [4.78, 5) is 6.93. The molecule has 0 amide bonds. The van der Waals surface area contributed by atoms with Gasteiger partial charge in [-0.1, -0.05) is 30.3 Å². The lowest BCUT2D eigenvalue weighted by Crippen LogP contribution is -2.41. The first-order chi connectivity index (χ1) is 14.0. The Bertz CT molecular complexity index is 783. The summed E-state index contributed by atoms with van der Waals surface area (Å²) in [5.74, 6) is 2.36. The van der Waals surface area contributed by atoms with Crippen molar-refractivity contribution in [1.82, 2.24) is 15.5 Å². The Kier molecular flexibility index (Phi) is 12.2. The molecule has 6 nitrogen and oxygen atoms in total. The van der Waals surface area contributed by atoms with Crippen LogP contribution in [0.1, 0.15) is 25.0 Å². The van der Waals surface area contributed by atoms with Crippen LogP contribution in [0, 0.1) is 0 Å². The summed E-state index contributed by atoms with van der Waals surface area (Å²) >= 11 is 0. The predicted molar refractivity (Wildman–Crippen MR) is 135 cm³/mol. The highest BCUT2D eigenvalue weighted by molar-refractivity contribution is 14.0. The molecule has 2 aromatic rings. The van der Waals surface area contributed by atoms with Crippen molar-refractivity contribution < 1.29 is 9.47 Å². The largest absolute Gasteiger partial charge is 0.497 e. The van der Waals surface area contributed by atoms with Crippen LogP contribution >= 0.6 is 24.0 Å². The molecule has 0 saturated heterocycles. The minimum absolute atomic E-state index is 0. The molecular formula is C23H35IN4O2. The van der Waals surface area contributed by atoms with E-state index in [4.69, 9.17) is 14.5 Å². The van der Waals surface area contributed by atoms with E-state index in [-0.39, 0.29) is 30.1 Å². The molecule has 0 aromatic heterocycles. The number of nitrogens with one attached hydrogen (secondary N) is 2. The lowest BCUT2D eigenvalue weighted by molar-refractivity contribution is 0.223. The summed E-state index contributed by atoms with van der Waals surface area (Å²) in [5, 5.41) is 6.68. The van der Waals surface area contributed by atoms with Crippen LogP contribution in [0.25, 0.3) is 0 Å². The van der Waals surface area contributed by atoms with Crippen molar-refractivity contribution in [2.24, 2.45) is 4.99 Å². The Balaban J connectivity index is 0.00000450. The minimum Gasteiger partial charge on any atom is -0.497 e. The first-order valence-corrected chi connectivity index (χ1v) is 10.1. The molecule has 1 atom stereocenters. The molecule has 166 valence electrons. The smallest absolute Gasteiger partial charge is 0.191 e. The van der Waals surface area contributed by atoms with Gasteiger partial charge in [-0.3, -0.25) is 0 Å². The molecule has 0 aliphatic carbocycles. The summed E-state index contributed by atoms with van der Waals surface area (Å²) in [7, 11) is 5.81. The molecule has 0 spiro atoms. The second kappa shape index (κ2) is 14.1. The summed E-state index contributed by atoms with van der Waals surface area (Å²) < 4.78 is 11.2. The molecule has 0 saturated carbocycles. The molecule has 0 radical (unpaired) electrons. The third kappa shape index (κ3) is 9.21. The fourth-order valence-electron chi connectivity index (χ4n) is 2.90. The van der Waals surface area contributed by atoms with Gasteiger partial charge >= 0.3 is 0 Å². The molecule has 0 aliphatic rings. The van der Waals surface area contributed by atoms with Crippen LogP contribution in [0.5, 0.6) is 11.5 Å². The van der Waals surface area contributed by atoms with Crippen molar-refractivity contribution in [3.8, 4) is 11.5 Å². The Morgan fingerprint density at radius 1 is 1.03 bits per heavy atom. The van der Waals surface area contributed by atoms with Crippen LogP contribution in [0.15, 0.2) is 53.5 Å². The average molecular weight is 526 g/mol. The molecule has 7 heteroatoms. The average Bonchev–Trinajstić information content (AvgIpc) is 2.70. The molecule has 0 heterocycles. The van der Waals surface area contributed by atoms with Gasteiger partial charge in [-0.2, -0.15) is 0 Å². The zero-order chi connectivity index (χ0) is 21.1. The summed E-state index contributed by atoms with van der Waals surface area (Å²) in [6.45, 7) is 7.07. The predicted octanol–water partition coefficient (Wildman–Crippen LogP) is 3.90. The number of rotatable bonds is 10.